The lowest BCUT2D eigenvalue weighted by atomic mass is 10.2. The van der Waals surface area contributed by atoms with Crippen molar-refractivity contribution in [3.05, 3.63) is 29.6 Å². The molecule has 0 radical (unpaired) electrons. The molecule has 1 aromatic carbocycles. The van der Waals surface area contributed by atoms with E-state index >= 15 is 0 Å². The third kappa shape index (κ3) is 3.05. The number of nitrogens with one attached hydrogen (secondary N) is 1. The third-order valence-electron chi connectivity index (χ3n) is 1.80. The molecule has 0 aliphatic carbocycles. The molecule has 0 aromatic heterocycles. The number of carbonyl (C=O) groups is 2. The largest absolute Gasteiger partial charge is 0.481 e. The molecule has 1 rings (SSSR count). The van der Waals surface area contributed by atoms with Gasteiger partial charge in [0.1, 0.15) is 12.2 Å². The zero-order valence-electron chi connectivity index (χ0n) is 8.08. The van der Waals surface area contributed by atoms with Crippen LogP contribution in [0.3, 0.4) is 0 Å². The van der Waals surface area contributed by atoms with Gasteiger partial charge in [-0.15, -0.1) is 0 Å². The van der Waals surface area contributed by atoms with Crippen LogP contribution in [0.1, 0.15) is 12.0 Å². The van der Waals surface area contributed by atoms with E-state index in [1.807, 2.05) is 0 Å². The van der Waals surface area contributed by atoms with Crippen LogP contribution >= 0.6 is 0 Å². The van der Waals surface area contributed by atoms with E-state index in [1.165, 1.54) is 12.1 Å². The number of amides is 1. The third-order valence-corrected chi connectivity index (χ3v) is 1.80. The molecule has 0 atom stereocenters. The number of para-hydroxylation sites is 1. The SMILES string of the molecule is Cc1cccc(F)c1NC(=O)CC(=O)O. The minimum absolute atomic E-state index is 0.0313. The second kappa shape index (κ2) is 4.54. The molecule has 0 heterocycles. The van der Waals surface area contributed by atoms with Gasteiger partial charge in [-0.1, -0.05) is 12.1 Å². The number of hydrogen-bond donors (Lipinski definition) is 2. The van der Waals surface area contributed by atoms with E-state index in [0.717, 1.165) is 0 Å². The highest BCUT2D eigenvalue weighted by atomic mass is 19.1. The highest BCUT2D eigenvalue weighted by Crippen LogP contribution is 2.18. The average molecular weight is 211 g/mol. The first-order valence-corrected chi connectivity index (χ1v) is 4.27. The van der Waals surface area contributed by atoms with Gasteiger partial charge >= 0.3 is 5.97 Å². The number of benzene rings is 1. The fourth-order valence-electron chi connectivity index (χ4n) is 1.11. The zero-order valence-corrected chi connectivity index (χ0v) is 8.08. The van der Waals surface area contributed by atoms with Crippen molar-refractivity contribution in [2.45, 2.75) is 13.3 Å². The van der Waals surface area contributed by atoms with Crippen LogP contribution in [0, 0.1) is 12.7 Å². The average Bonchev–Trinajstić information content (AvgIpc) is 2.10. The van der Waals surface area contributed by atoms with Gasteiger partial charge in [-0.05, 0) is 18.6 Å². The minimum Gasteiger partial charge on any atom is -0.481 e. The molecule has 1 amide bonds. The van der Waals surface area contributed by atoms with Crippen LogP contribution in [0.4, 0.5) is 10.1 Å². The Labute approximate surface area is 85.7 Å². The number of anilines is 1. The quantitative estimate of drug-likeness (QED) is 0.745. The summed E-state index contributed by atoms with van der Waals surface area (Å²) in [7, 11) is 0. The maximum atomic E-state index is 13.2. The van der Waals surface area contributed by atoms with Crippen molar-refractivity contribution in [1.82, 2.24) is 0 Å². The second-order valence-electron chi connectivity index (χ2n) is 3.05. The van der Waals surface area contributed by atoms with Gasteiger partial charge < -0.3 is 10.4 Å². The fraction of sp³-hybridized carbons (Fsp3) is 0.200. The summed E-state index contributed by atoms with van der Waals surface area (Å²) in [4.78, 5) is 21.3. The number of rotatable bonds is 3. The fourth-order valence-corrected chi connectivity index (χ4v) is 1.11. The van der Waals surface area contributed by atoms with Gasteiger partial charge in [0.15, 0.2) is 0 Å². The van der Waals surface area contributed by atoms with Gasteiger partial charge in [0.05, 0.1) is 5.69 Å². The van der Waals surface area contributed by atoms with E-state index in [-0.39, 0.29) is 5.69 Å². The lowest BCUT2D eigenvalue weighted by Gasteiger charge is -2.07. The smallest absolute Gasteiger partial charge is 0.312 e. The van der Waals surface area contributed by atoms with Crippen LogP contribution in [-0.4, -0.2) is 17.0 Å². The molecule has 0 aliphatic rings. The molecule has 2 N–H and O–H groups in total. The molecule has 0 bridgehead atoms. The van der Waals surface area contributed by atoms with Gasteiger partial charge in [0, 0.05) is 0 Å². The number of hydrogen-bond acceptors (Lipinski definition) is 2. The lowest BCUT2D eigenvalue weighted by molar-refractivity contribution is -0.139. The van der Waals surface area contributed by atoms with Crippen molar-refractivity contribution < 1.29 is 19.1 Å². The monoisotopic (exact) mass is 211 g/mol. The van der Waals surface area contributed by atoms with Gasteiger partial charge in [-0.25, -0.2) is 4.39 Å². The van der Waals surface area contributed by atoms with Crippen molar-refractivity contribution in [2.24, 2.45) is 0 Å². The van der Waals surface area contributed by atoms with E-state index in [4.69, 9.17) is 5.11 Å². The first kappa shape index (κ1) is 11.2. The molecule has 80 valence electrons. The Bertz CT molecular complexity index is 383. The van der Waals surface area contributed by atoms with Gasteiger partial charge in [-0.3, -0.25) is 9.59 Å². The molecule has 0 unspecified atom stereocenters. The summed E-state index contributed by atoms with van der Waals surface area (Å²) in [5.41, 5.74) is 0.581. The van der Waals surface area contributed by atoms with Crippen LogP contribution in [0.15, 0.2) is 18.2 Å². The Hall–Kier alpha value is -1.91. The van der Waals surface area contributed by atoms with E-state index in [9.17, 15) is 14.0 Å². The maximum absolute atomic E-state index is 13.2. The van der Waals surface area contributed by atoms with E-state index < -0.39 is 24.1 Å². The molecule has 0 aliphatic heterocycles. The summed E-state index contributed by atoms with van der Waals surface area (Å²) in [6.07, 6.45) is -0.673. The summed E-state index contributed by atoms with van der Waals surface area (Å²) in [5, 5.41) is 10.6. The molecule has 0 spiro atoms. The Morgan fingerprint density at radius 2 is 2.13 bits per heavy atom. The molecule has 4 nitrogen and oxygen atoms in total. The highest BCUT2D eigenvalue weighted by Gasteiger charge is 2.11. The number of carboxylic acid groups (broad SMARTS) is 1. The minimum atomic E-state index is -1.25. The number of aryl methyl sites for hydroxylation is 1. The molecule has 0 fully saturated rings. The molecule has 5 heteroatoms. The highest BCUT2D eigenvalue weighted by molar-refractivity contribution is 6.01. The molecule has 15 heavy (non-hydrogen) atoms. The number of carboxylic acids is 1. The van der Waals surface area contributed by atoms with Crippen LogP contribution < -0.4 is 5.32 Å². The van der Waals surface area contributed by atoms with Crippen molar-refractivity contribution in [3.8, 4) is 0 Å². The normalized spacial score (nSPS) is 9.73. The predicted molar refractivity (Wildman–Crippen MR) is 52.0 cm³/mol. The summed E-state index contributed by atoms with van der Waals surface area (Å²) in [5.74, 6) is -2.56. The first-order valence-electron chi connectivity index (χ1n) is 4.27. The van der Waals surface area contributed by atoms with Gasteiger partial charge in [0.25, 0.3) is 0 Å². The standard InChI is InChI=1S/C10H10FNO3/c1-6-3-2-4-7(11)10(6)12-8(13)5-9(14)15/h2-4H,5H2,1H3,(H,12,13)(H,14,15). The van der Waals surface area contributed by atoms with Crippen LogP contribution in [0.5, 0.6) is 0 Å². The van der Waals surface area contributed by atoms with E-state index in [1.54, 1.807) is 13.0 Å². The number of halogens is 1. The molecular weight excluding hydrogens is 201 g/mol. The summed E-state index contributed by atoms with van der Waals surface area (Å²) < 4.78 is 13.2. The Kier molecular flexibility index (Phi) is 3.38. The Morgan fingerprint density at radius 3 is 2.67 bits per heavy atom. The molecule has 0 saturated heterocycles. The van der Waals surface area contributed by atoms with Crippen LogP contribution in [-0.2, 0) is 9.59 Å². The lowest BCUT2D eigenvalue weighted by Crippen LogP contribution is -2.17. The van der Waals surface area contributed by atoms with Crippen molar-refractivity contribution in [3.63, 3.8) is 0 Å². The summed E-state index contributed by atoms with van der Waals surface area (Å²) in [6, 6.07) is 4.33. The van der Waals surface area contributed by atoms with Gasteiger partial charge in [0.2, 0.25) is 5.91 Å². The number of aliphatic carboxylic acids is 1. The second-order valence-corrected chi connectivity index (χ2v) is 3.05. The van der Waals surface area contributed by atoms with E-state index in [2.05, 4.69) is 5.32 Å². The Morgan fingerprint density at radius 1 is 1.47 bits per heavy atom. The Balaban J connectivity index is 2.80. The van der Waals surface area contributed by atoms with Crippen LogP contribution in [0.2, 0.25) is 0 Å². The molecular formula is C10H10FNO3. The summed E-state index contributed by atoms with van der Waals surface area (Å²) >= 11 is 0. The van der Waals surface area contributed by atoms with E-state index in [0.29, 0.717) is 5.56 Å². The van der Waals surface area contributed by atoms with Crippen molar-refractivity contribution in [2.75, 3.05) is 5.32 Å². The van der Waals surface area contributed by atoms with Crippen molar-refractivity contribution in [1.29, 1.82) is 0 Å². The topological polar surface area (TPSA) is 66.4 Å². The number of carbonyl (C=O) groups excluding carboxylic acids is 1. The molecule has 1 aromatic rings. The summed E-state index contributed by atoms with van der Waals surface area (Å²) in [6.45, 7) is 1.62. The van der Waals surface area contributed by atoms with Crippen LogP contribution in [0.25, 0.3) is 0 Å². The predicted octanol–water partition coefficient (Wildman–Crippen LogP) is 1.55. The maximum Gasteiger partial charge on any atom is 0.312 e. The molecule has 0 saturated carbocycles. The first-order chi connectivity index (χ1) is 7.00. The van der Waals surface area contributed by atoms with Gasteiger partial charge in [-0.2, -0.15) is 0 Å². The zero-order chi connectivity index (χ0) is 11.4. The van der Waals surface area contributed by atoms with Crippen molar-refractivity contribution >= 4 is 17.6 Å².